The summed E-state index contributed by atoms with van der Waals surface area (Å²) in [6.45, 7) is 2.85. The van der Waals surface area contributed by atoms with Gasteiger partial charge in [0.25, 0.3) is 5.91 Å². The summed E-state index contributed by atoms with van der Waals surface area (Å²) in [7, 11) is 1.61. The molecule has 0 atom stereocenters. The maximum Gasteiger partial charge on any atom is 0.289 e. The van der Waals surface area contributed by atoms with Gasteiger partial charge in [0.2, 0.25) is 5.82 Å². The minimum absolute atomic E-state index is 0.107. The first-order chi connectivity index (χ1) is 15.2. The Bertz CT molecular complexity index is 1250. The number of anilines is 1. The van der Waals surface area contributed by atoms with Crippen LogP contribution in [-0.4, -0.2) is 49.3 Å². The Kier molecular flexibility index (Phi) is 5.13. The summed E-state index contributed by atoms with van der Waals surface area (Å²) in [6, 6.07) is 15.2. The van der Waals surface area contributed by atoms with Crippen LogP contribution in [0.1, 0.15) is 16.2 Å². The molecule has 5 rings (SSSR count). The third-order valence-corrected chi connectivity index (χ3v) is 5.35. The molecule has 1 amide bonds. The molecule has 1 fully saturated rings. The summed E-state index contributed by atoms with van der Waals surface area (Å²) < 4.78 is 16.9. The van der Waals surface area contributed by atoms with Gasteiger partial charge in [-0.15, -0.1) is 0 Å². The lowest BCUT2D eigenvalue weighted by Gasteiger charge is -2.27. The van der Waals surface area contributed by atoms with E-state index in [9.17, 15) is 4.79 Å². The van der Waals surface area contributed by atoms with Gasteiger partial charge in [-0.05, 0) is 18.2 Å². The molecule has 1 aliphatic rings. The van der Waals surface area contributed by atoms with E-state index in [1.54, 1.807) is 7.11 Å². The number of aromatic nitrogens is 2. The predicted molar refractivity (Wildman–Crippen MR) is 117 cm³/mol. The van der Waals surface area contributed by atoms with Gasteiger partial charge >= 0.3 is 0 Å². The zero-order valence-electron chi connectivity index (χ0n) is 17.1. The third-order valence-electron chi connectivity index (χ3n) is 5.35. The van der Waals surface area contributed by atoms with Gasteiger partial charge in [-0.2, -0.15) is 0 Å². The summed E-state index contributed by atoms with van der Waals surface area (Å²) >= 11 is 0. The topological polar surface area (TPSA) is 89.7 Å². The minimum Gasteiger partial charge on any atom is -0.496 e. The van der Waals surface area contributed by atoms with Crippen molar-refractivity contribution < 1.29 is 18.7 Å². The summed E-state index contributed by atoms with van der Waals surface area (Å²) in [5.74, 6) is 1.09. The SMILES string of the molecule is COc1ccccc1CNC(=O)c1nc(N2CCOCC2)c2oc3ccccc3c2n1. The zero-order chi connectivity index (χ0) is 21.2. The normalized spacial score (nSPS) is 14.2. The van der Waals surface area contributed by atoms with Crippen molar-refractivity contribution in [3.8, 4) is 5.75 Å². The molecule has 3 heterocycles. The van der Waals surface area contributed by atoms with E-state index in [1.807, 2.05) is 48.5 Å². The van der Waals surface area contributed by atoms with Crippen molar-refractivity contribution >= 4 is 33.8 Å². The molecule has 1 saturated heterocycles. The molecule has 158 valence electrons. The molecule has 8 nitrogen and oxygen atoms in total. The smallest absolute Gasteiger partial charge is 0.289 e. The van der Waals surface area contributed by atoms with Gasteiger partial charge in [-0.1, -0.05) is 30.3 Å². The molecule has 1 aliphatic heterocycles. The number of amides is 1. The average Bonchev–Trinajstić information content (AvgIpc) is 3.21. The third kappa shape index (κ3) is 3.66. The van der Waals surface area contributed by atoms with E-state index >= 15 is 0 Å². The van der Waals surface area contributed by atoms with E-state index in [1.165, 1.54) is 0 Å². The monoisotopic (exact) mass is 418 g/mol. The number of carbonyl (C=O) groups excluding carboxylic acids is 1. The Morgan fingerprint density at radius 1 is 1.10 bits per heavy atom. The van der Waals surface area contributed by atoms with E-state index in [-0.39, 0.29) is 11.7 Å². The first-order valence-corrected chi connectivity index (χ1v) is 10.2. The summed E-state index contributed by atoms with van der Waals surface area (Å²) in [5, 5.41) is 3.76. The van der Waals surface area contributed by atoms with Crippen molar-refractivity contribution in [2.24, 2.45) is 0 Å². The molecule has 31 heavy (non-hydrogen) atoms. The van der Waals surface area contributed by atoms with Crippen molar-refractivity contribution in [1.29, 1.82) is 0 Å². The number of benzene rings is 2. The van der Waals surface area contributed by atoms with Gasteiger partial charge in [-0.25, -0.2) is 9.97 Å². The first-order valence-electron chi connectivity index (χ1n) is 10.2. The molecule has 0 unspecified atom stereocenters. The molecule has 2 aromatic carbocycles. The lowest BCUT2D eigenvalue weighted by molar-refractivity contribution is 0.0940. The van der Waals surface area contributed by atoms with E-state index in [0.717, 1.165) is 10.9 Å². The molecule has 0 bridgehead atoms. The standard InChI is InChI=1S/C23H22N4O4/c1-29-17-8-4-2-6-15(17)14-24-23(28)21-25-19-16-7-3-5-9-18(16)31-20(19)22(26-21)27-10-12-30-13-11-27/h2-9H,10-14H2,1H3,(H,24,28). The van der Waals surface area contributed by atoms with Crippen LogP contribution in [0.25, 0.3) is 22.1 Å². The van der Waals surface area contributed by atoms with Gasteiger partial charge in [0.05, 0.1) is 20.3 Å². The number of carbonyl (C=O) groups is 1. The van der Waals surface area contributed by atoms with Crippen molar-refractivity contribution in [3.05, 3.63) is 59.9 Å². The van der Waals surface area contributed by atoms with Crippen molar-refractivity contribution in [2.75, 3.05) is 38.3 Å². The van der Waals surface area contributed by atoms with Gasteiger partial charge in [0.1, 0.15) is 16.8 Å². The van der Waals surface area contributed by atoms with Gasteiger partial charge in [0.15, 0.2) is 11.4 Å². The number of furan rings is 1. The highest BCUT2D eigenvalue weighted by atomic mass is 16.5. The second kappa shape index (κ2) is 8.23. The van der Waals surface area contributed by atoms with E-state index in [0.29, 0.717) is 61.1 Å². The number of para-hydroxylation sites is 2. The quantitative estimate of drug-likeness (QED) is 0.532. The molecular weight excluding hydrogens is 396 g/mol. The fourth-order valence-electron chi connectivity index (χ4n) is 3.77. The highest BCUT2D eigenvalue weighted by molar-refractivity contribution is 6.07. The Hall–Kier alpha value is -3.65. The number of rotatable bonds is 5. The average molecular weight is 418 g/mol. The fraction of sp³-hybridized carbons (Fsp3) is 0.261. The van der Waals surface area contributed by atoms with Crippen molar-refractivity contribution in [2.45, 2.75) is 6.54 Å². The molecular formula is C23H22N4O4. The maximum atomic E-state index is 13.0. The van der Waals surface area contributed by atoms with Crippen LogP contribution in [0, 0.1) is 0 Å². The highest BCUT2D eigenvalue weighted by Crippen LogP contribution is 2.33. The number of hydrogen-bond donors (Lipinski definition) is 1. The Morgan fingerprint density at radius 2 is 1.87 bits per heavy atom. The molecule has 0 spiro atoms. The summed E-state index contributed by atoms with van der Waals surface area (Å²) in [5.41, 5.74) is 2.81. The number of fused-ring (bicyclic) bond motifs is 3. The molecule has 1 N–H and O–H groups in total. The number of morpholine rings is 1. The lowest BCUT2D eigenvalue weighted by Crippen LogP contribution is -2.37. The first kappa shape index (κ1) is 19.3. The van der Waals surface area contributed by atoms with E-state index < -0.39 is 0 Å². The van der Waals surface area contributed by atoms with E-state index in [2.05, 4.69) is 20.2 Å². The van der Waals surface area contributed by atoms with Crippen LogP contribution in [-0.2, 0) is 11.3 Å². The van der Waals surface area contributed by atoms with Crippen LogP contribution < -0.4 is 15.0 Å². The zero-order valence-corrected chi connectivity index (χ0v) is 17.1. The van der Waals surface area contributed by atoms with Crippen molar-refractivity contribution in [1.82, 2.24) is 15.3 Å². The largest absolute Gasteiger partial charge is 0.496 e. The van der Waals surface area contributed by atoms with Crippen LogP contribution in [0.4, 0.5) is 5.82 Å². The molecule has 0 saturated carbocycles. The van der Waals surface area contributed by atoms with Crippen LogP contribution >= 0.6 is 0 Å². The molecule has 2 aromatic heterocycles. The number of hydrogen-bond acceptors (Lipinski definition) is 7. The molecule has 0 radical (unpaired) electrons. The number of methoxy groups -OCH3 is 1. The lowest BCUT2D eigenvalue weighted by atomic mass is 10.2. The van der Waals surface area contributed by atoms with Crippen LogP contribution in [0.3, 0.4) is 0 Å². The molecule has 4 aromatic rings. The van der Waals surface area contributed by atoms with E-state index in [4.69, 9.17) is 13.9 Å². The Labute approximate surface area is 178 Å². The minimum atomic E-state index is -0.354. The second-order valence-corrected chi connectivity index (χ2v) is 7.24. The van der Waals surface area contributed by atoms with Gasteiger partial charge < -0.3 is 24.1 Å². The number of ether oxygens (including phenoxy) is 2. The molecule has 8 heteroatoms. The van der Waals surface area contributed by atoms with Gasteiger partial charge in [0, 0.05) is 30.6 Å². The van der Waals surface area contributed by atoms with Crippen LogP contribution in [0.2, 0.25) is 0 Å². The molecule has 0 aliphatic carbocycles. The predicted octanol–water partition coefficient (Wildman–Crippen LogP) is 3.15. The Balaban J connectivity index is 1.53. The van der Waals surface area contributed by atoms with Crippen LogP contribution in [0.15, 0.2) is 52.9 Å². The summed E-state index contributed by atoms with van der Waals surface area (Å²) in [6.07, 6.45) is 0. The Morgan fingerprint density at radius 3 is 2.71 bits per heavy atom. The number of nitrogens with one attached hydrogen (secondary N) is 1. The summed E-state index contributed by atoms with van der Waals surface area (Å²) in [4.78, 5) is 24.2. The second-order valence-electron chi connectivity index (χ2n) is 7.24. The van der Waals surface area contributed by atoms with Gasteiger partial charge in [-0.3, -0.25) is 4.79 Å². The number of nitrogens with zero attached hydrogens (tertiary/aromatic N) is 3. The van der Waals surface area contributed by atoms with Crippen molar-refractivity contribution in [3.63, 3.8) is 0 Å². The fourth-order valence-corrected chi connectivity index (χ4v) is 3.77. The highest BCUT2D eigenvalue weighted by Gasteiger charge is 2.24. The van der Waals surface area contributed by atoms with Crippen LogP contribution in [0.5, 0.6) is 5.75 Å². The maximum absolute atomic E-state index is 13.0.